The maximum atomic E-state index is 9.60. The standard InChI is InChI=1S/C14H20BrNO/c1-14(10-17,9-11-3-2-4-11)16-13-7-5-12(15)6-8-13/h5-8,11,16-17H,2-4,9-10H2,1H3. The van der Waals surface area contributed by atoms with Crippen LogP contribution in [0.4, 0.5) is 5.69 Å². The summed E-state index contributed by atoms with van der Waals surface area (Å²) < 4.78 is 1.08. The first kappa shape index (κ1) is 12.9. The minimum atomic E-state index is -0.196. The van der Waals surface area contributed by atoms with Crippen LogP contribution in [0.2, 0.25) is 0 Å². The summed E-state index contributed by atoms with van der Waals surface area (Å²) in [5.74, 6) is 0.787. The molecule has 0 spiro atoms. The summed E-state index contributed by atoms with van der Waals surface area (Å²) in [4.78, 5) is 0. The van der Waals surface area contributed by atoms with Crippen molar-refractivity contribution in [1.29, 1.82) is 0 Å². The van der Waals surface area contributed by atoms with Gasteiger partial charge in [0, 0.05) is 10.2 Å². The topological polar surface area (TPSA) is 32.3 Å². The van der Waals surface area contributed by atoms with Gasteiger partial charge in [-0.25, -0.2) is 0 Å². The Bertz CT molecular complexity index is 361. The predicted molar refractivity (Wildman–Crippen MR) is 75.2 cm³/mol. The van der Waals surface area contributed by atoms with Crippen LogP contribution in [-0.4, -0.2) is 17.3 Å². The number of rotatable bonds is 5. The fourth-order valence-electron chi connectivity index (χ4n) is 2.37. The monoisotopic (exact) mass is 297 g/mol. The van der Waals surface area contributed by atoms with Crippen LogP contribution in [-0.2, 0) is 0 Å². The molecular weight excluding hydrogens is 278 g/mol. The molecule has 1 aliphatic rings. The van der Waals surface area contributed by atoms with Crippen LogP contribution in [0, 0.1) is 5.92 Å². The van der Waals surface area contributed by atoms with Crippen molar-refractivity contribution in [3.63, 3.8) is 0 Å². The molecule has 0 radical (unpaired) electrons. The fraction of sp³-hybridized carbons (Fsp3) is 0.571. The molecular formula is C14H20BrNO. The zero-order valence-corrected chi connectivity index (χ0v) is 11.8. The van der Waals surface area contributed by atoms with E-state index >= 15 is 0 Å². The molecule has 2 N–H and O–H groups in total. The molecule has 0 aromatic heterocycles. The number of nitrogens with one attached hydrogen (secondary N) is 1. The van der Waals surface area contributed by atoms with Crippen molar-refractivity contribution >= 4 is 21.6 Å². The van der Waals surface area contributed by atoms with Gasteiger partial charge >= 0.3 is 0 Å². The van der Waals surface area contributed by atoms with Crippen molar-refractivity contribution in [3.8, 4) is 0 Å². The SMILES string of the molecule is CC(CO)(CC1CCC1)Nc1ccc(Br)cc1. The summed E-state index contributed by atoms with van der Waals surface area (Å²) in [6.07, 6.45) is 5.04. The van der Waals surface area contributed by atoms with Gasteiger partial charge in [-0.2, -0.15) is 0 Å². The summed E-state index contributed by atoms with van der Waals surface area (Å²) in [6.45, 7) is 2.28. The molecule has 0 amide bonds. The van der Waals surface area contributed by atoms with Gasteiger partial charge in [0.2, 0.25) is 0 Å². The number of aliphatic hydroxyl groups excluding tert-OH is 1. The normalized spacial score (nSPS) is 19.5. The first-order valence-electron chi connectivity index (χ1n) is 6.26. The van der Waals surface area contributed by atoms with E-state index in [0.717, 1.165) is 22.5 Å². The molecule has 0 aliphatic heterocycles. The van der Waals surface area contributed by atoms with Crippen LogP contribution in [0.5, 0.6) is 0 Å². The lowest BCUT2D eigenvalue weighted by Crippen LogP contribution is -2.41. The van der Waals surface area contributed by atoms with E-state index in [9.17, 15) is 5.11 Å². The summed E-state index contributed by atoms with van der Waals surface area (Å²) in [7, 11) is 0. The molecule has 3 heteroatoms. The molecule has 1 aromatic rings. The van der Waals surface area contributed by atoms with Crippen molar-refractivity contribution in [3.05, 3.63) is 28.7 Å². The van der Waals surface area contributed by atoms with Crippen LogP contribution >= 0.6 is 15.9 Å². The molecule has 17 heavy (non-hydrogen) atoms. The van der Waals surface area contributed by atoms with E-state index in [4.69, 9.17) is 0 Å². The van der Waals surface area contributed by atoms with Crippen LogP contribution in [0.3, 0.4) is 0 Å². The number of anilines is 1. The van der Waals surface area contributed by atoms with Gasteiger partial charge in [-0.15, -0.1) is 0 Å². The van der Waals surface area contributed by atoms with Gasteiger partial charge in [-0.05, 0) is 43.5 Å². The Morgan fingerprint density at radius 1 is 1.35 bits per heavy atom. The quantitative estimate of drug-likeness (QED) is 0.866. The lowest BCUT2D eigenvalue weighted by molar-refractivity contribution is 0.168. The van der Waals surface area contributed by atoms with Crippen molar-refractivity contribution in [2.75, 3.05) is 11.9 Å². The second kappa shape index (κ2) is 5.40. The molecule has 1 fully saturated rings. The van der Waals surface area contributed by atoms with Gasteiger partial charge in [0.05, 0.1) is 12.1 Å². The first-order chi connectivity index (χ1) is 8.11. The number of aliphatic hydroxyl groups is 1. The molecule has 1 saturated carbocycles. The Balaban J connectivity index is 1.99. The molecule has 2 nitrogen and oxygen atoms in total. The molecule has 2 rings (SSSR count). The van der Waals surface area contributed by atoms with E-state index in [2.05, 4.69) is 28.2 Å². The zero-order valence-electron chi connectivity index (χ0n) is 10.2. The molecule has 0 saturated heterocycles. The maximum absolute atomic E-state index is 9.60. The highest BCUT2D eigenvalue weighted by Crippen LogP contribution is 2.35. The molecule has 1 atom stereocenters. The van der Waals surface area contributed by atoms with E-state index < -0.39 is 0 Å². The number of halogens is 1. The van der Waals surface area contributed by atoms with Crippen LogP contribution in [0.25, 0.3) is 0 Å². The highest BCUT2D eigenvalue weighted by molar-refractivity contribution is 9.10. The molecule has 0 bridgehead atoms. The van der Waals surface area contributed by atoms with Crippen molar-refractivity contribution in [1.82, 2.24) is 0 Å². The largest absolute Gasteiger partial charge is 0.394 e. The molecule has 1 aromatic carbocycles. The predicted octanol–water partition coefficient (Wildman–Crippen LogP) is 3.80. The Morgan fingerprint density at radius 3 is 2.47 bits per heavy atom. The van der Waals surface area contributed by atoms with Gasteiger partial charge in [-0.3, -0.25) is 0 Å². The Labute approximate surface area is 112 Å². The van der Waals surface area contributed by atoms with Gasteiger partial charge < -0.3 is 10.4 Å². The van der Waals surface area contributed by atoms with Gasteiger partial charge in [0.1, 0.15) is 0 Å². The third kappa shape index (κ3) is 3.46. The third-order valence-electron chi connectivity index (χ3n) is 3.60. The van der Waals surface area contributed by atoms with Gasteiger partial charge in [-0.1, -0.05) is 35.2 Å². The minimum absolute atomic E-state index is 0.180. The van der Waals surface area contributed by atoms with Crippen LogP contribution < -0.4 is 5.32 Å². The first-order valence-corrected chi connectivity index (χ1v) is 7.05. The number of benzene rings is 1. The second-order valence-electron chi connectivity index (χ2n) is 5.35. The Morgan fingerprint density at radius 2 is 2.00 bits per heavy atom. The van der Waals surface area contributed by atoms with E-state index in [1.807, 2.05) is 24.3 Å². The average Bonchev–Trinajstić information content (AvgIpc) is 2.27. The number of hydrogen-bond acceptors (Lipinski definition) is 2. The highest BCUT2D eigenvalue weighted by Gasteiger charge is 2.30. The van der Waals surface area contributed by atoms with Gasteiger partial charge in [0.25, 0.3) is 0 Å². The van der Waals surface area contributed by atoms with E-state index in [0.29, 0.717) is 0 Å². The Hall–Kier alpha value is -0.540. The molecule has 1 unspecified atom stereocenters. The summed E-state index contributed by atoms with van der Waals surface area (Å²) in [5.41, 5.74) is 0.878. The maximum Gasteiger partial charge on any atom is 0.0658 e. The van der Waals surface area contributed by atoms with E-state index in [1.165, 1.54) is 19.3 Å². The van der Waals surface area contributed by atoms with Crippen molar-refractivity contribution in [2.45, 2.75) is 38.1 Å². The fourth-order valence-corrected chi connectivity index (χ4v) is 2.64. The molecule has 1 aliphatic carbocycles. The molecule has 0 heterocycles. The average molecular weight is 298 g/mol. The lowest BCUT2D eigenvalue weighted by Gasteiger charge is -2.37. The van der Waals surface area contributed by atoms with Crippen LogP contribution in [0.1, 0.15) is 32.6 Å². The van der Waals surface area contributed by atoms with E-state index in [1.54, 1.807) is 0 Å². The smallest absolute Gasteiger partial charge is 0.0658 e. The van der Waals surface area contributed by atoms with E-state index in [-0.39, 0.29) is 12.1 Å². The van der Waals surface area contributed by atoms with Crippen LogP contribution in [0.15, 0.2) is 28.7 Å². The summed E-state index contributed by atoms with van der Waals surface area (Å²) in [6, 6.07) is 8.12. The minimum Gasteiger partial charge on any atom is -0.394 e. The summed E-state index contributed by atoms with van der Waals surface area (Å²) in [5, 5.41) is 13.1. The zero-order chi connectivity index (χ0) is 12.3. The van der Waals surface area contributed by atoms with Gasteiger partial charge in [0.15, 0.2) is 0 Å². The number of hydrogen-bond donors (Lipinski definition) is 2. The lowest BCUT2D eigenvalue weighted by atomic mass is 9.76. The summed E-state index contributed by atoms with van der Waals surface area (Å²) >= 11 is 3.43. The third-order valence-corrected chi connectivity index (χ3v) is 4.13. The van der Waals surface area contributed by atoms with Crippen molar-refractivity contribution < 1.29 is 5.11 Å². The Kier molecular flexibility index (Phi) is 4.10. The van der Waals surface area contributed by atoms with Crippen molar-refractivity contribution in [2.24, 2.45) is 5.92 Å². The second-order valence-corrected chi connectivity index (χ2v) is 6.27. The highest BCUT2D eigenvalue weighted by atomic mass is 79.9. The molecule has 94 valence electrons.